The zero-order valence-electron chi connectivity index (χ0n) is 33.3. The summed E-state index contributed by atoms with van der Waals surface area (Å²) in [5.41, 5.74) is 3.69. The number of nitrogens with one attached hydrogen (secondary N) is 3. The smallest absolute Gasteiger partial charge is 0.870 e. The summed E-state index contributed by atoms with van der Waals surface area (Å²) in [7, 11) is -1.00. The third-order valence-corrected chi connectivity index (χ3v) is 5.86. The average molecular weight is 862 g/mol. The first-order valence-corrected chi connectivity index (χ1v) is 17.3. The molecule has 0 saturated heterocycles. The molecule has 4 rings (SSSR count). The minimum atomic E-state index is -1.00. The first kappa shape index (κ1) is 49.2. The Bertz CT molecular complexity index is 1710. The first-order valence-electron chi connectivity index (χ1n) is 16.8. The number of alkyl halides is 1. The standard InChI is InChI=1S/C17H23N5O2.C11H15N5.C6H9IO2.CH3F.Na.H2O/c1-11(2)19-15-9-14(8-13(5)20-15)17-18-10-22(21-17)7-6-16(23)24-12(3)4;1-7(2)14-10-5-9(4-8(3)15-10)11-12-6-13-16-11;1-5(2)9-6(8)3-4-7;1-2;;/h6-12H,1-5H3,(H,19,20);4-7H,1-3H3,(H,14,15)(H,12,13,16);3-5H,1-2H3;1H3;;1H2/q;;;;+1;/p-1/b7-6-;;4-3-;;;/i;;;1D;;. The van der Waals surface area contributed by atoms with Crippen molar-refractivity contribution in [3.63, 3.8) is 0 Å². The normalized spacial score (nSPS) is 10.6. The van der Waals surface area contributed by atoms with E-state index in [0.29, 0.717) is 11.9 Å². The summed E-state index contributed by atoms with van der Waals surface area (Å²) in [5, 5.41) is 17.6. The summed E-state index contributed by atoms with van der Waals surface area (Å²) in [6.45, 7) is 19.4. The number of aromatic nitrogens is 8. The van der Waals surface area contributed by atoms with E-state index in [1.54, 1.807) is 24.3 Å². The second kappa shape index (κ2) is 27.8. The van der Waals surface area contributed by atoms with Gasteiger partial charge in [-0.1, -0.05) is 22.6 Å². The Labute approximate surface area is 348 Å². The summed E-state index contributed by atoms with van der Waals surface area (Å²) >= 11 is 1.97. The zero-order valence-corrected chi connectivity index (χ0v) is 36.4. The number of esters is 2. The number of rotatable bonds is 11. The molecule has 0 radical (unpaired) electrons. The molecule has 0 unspecified atom stereocenters. The maximum Gasteiger partial charge on any atom is 1.00 e. The van der Waals surface area contributed by atoms with Crippen molar-refractivity contribution in [2.75, 3.05) is 17.8 Å². The largest absolute Gasteiger partial charge is 1.00 e. The Morgan fingerprint density at radius 1 is 0.868 bits per heavy atom. The molecule has 0 aromatic carbocycles. The van der Waals surface area contributed by atoms with E-state index in [9.17, 15) is 14.0 Å². The van der Waals surface area contributed by atoms with E-state index in [1.807, 2.05) is 74.6 Å². The van der Waals surface area contributed by atoms with Crippen molar-refractivity contribution >= 4 is 52.4 Å². The number of aryl methyl sites for hydroxylation is 2. The number of ether oxygens (including phenoxy) is 2. The van der Waals surface area contributed by atoms with E-state index in [-0.39, 0.29) is 59.3 Å². The number of halogens is 2. The van der Waals surface area contributed by atoms with E-state index in [0.717, 1.165) is 40.0 Å². The van der Waals surface area contributed by atoms with Crippen LogP contribution >= 0.6 is 22.6 Å². The van der Waals surface area contributed by atoms with Crippen molar-refractivity contribution in [3.05, 3.63) is 64.5 Å². The van der Waals surface area contributed by atoms with Gasteiger partial charge >= 0.3 is 41.5 Å². The molecule has 0 fully saturated rings. The summed E-state index contributed by atoms with van der Waals surface area (Å²) in [6.07, 6.45) is 7.09. The molecule has 0 aliphatic carbocycles. The van der Waals surface area contributed by atoms with Gasteiger partial charge in [-0.15, -0.1) is 5.10 Å². The van der Waals surface area contributed by atoms with Crippen LogP contribution in [0.3, 0.4) is 0 Å². The van der Waals surface area contributed by atoms with Gasteiger partial charge in [-0.2, -0.15) is 5.10 Å². The Hall–Kier alpha value is -3.78. The molecule has 286 valence electrons. The van der Waals surface area contributed by atoms with E-state index in [1.165, 1.54) is 29.4 Å². The Morgan fingerprint density at radius 2 is 1.36 bits per heavy atom. The number of aromatic amines is 1. The van der Waals surface area contributed by atoms with E-state index in [2.05, 4.69) is 73.6 Å². The van der Waals surface area contributed by atoms with Gasteiger partial charge in [0.2, 0.25) is 0 Å². The molecular weight excluding hydrogens is 809 g/mol. The van der Waals surface area contributed by atoms with E-state index >= 15 is 0 Å². The fourth-order valence-electron chi connectivity index (χ4n) is 3.90. The van der Waals surface area contributed by atoms with Gasteiger partial charge in [-0.3, -0.25) is 9.49 Å². The quantitative estimate of drug-likeness (QED) is 0.0839. The van der Waals surface area contributed by atoms with Crippen LogP contribution in [0.4, 0.5) is 16.0 Å². The molecule has 0 bridgehead atoms. The molecule has 4 aromatic heterocycles. The number of nitrogens with zero attached hydrogens (tertiary/aromatic N) is 7. The van der Waals surface area contributed by atoms with Crippen molar-refractivity contribution in [3.8, 4) is 22.8 Å². The molecule has 0 spiro atoms. The van der Waals surface area contributed by atoms with Crippen LogP contribution in [0.5, 0.6) is 0 Å². The maximum atomic E-state index is 11.5. The predicted octanol–water partition coefficient (Wildman–Crippen LogP) is 4.19. The third-order valence-electron chi connectivity index (χ3n) is 5.50. The average Bonchev–Trinajstić information content (AvgIpc) is 3.73. The number of anilines is 2. The fraction of sp³-hybridized carbons (Fsp3) is 0.429. The molecular formula is C35H51FIN10NaO5. The van der Waals surface area contributed by atoms with Crippen LogP contribution in [0, 0.1) is 13.8 Å². The molecule has 15 nitrogen and oxygen atoms in total. The predicted molar refractivity (Wildman–Crippen MR) is 210 cm³/mol. The minimum absolute atomic E-state index is 0. The maximum absolute atomic E-state index is 11.5. The molecule has 0 aliphatic rings. The fourth-order valence-corrected chi connectivity index (χ4v) is 4.19. The summed E-state index contributed by atoms with van der Waals surface area (Å²) in [6, 6.07) is 8.41. The van der Waals surface area contributed by atoms with Crippen LogP contribution in [-0.2, 0) is 19.1 Å². The van der Waals surface area contributed by atoms with Crippen LogP contribution in [0.2, 0.25) is 0 Å². The van der Waals surface area contributed by atoms with Gasteiger partial charge in [0.25, 0.3) is 0 Å². The van der Waals surface area contributed by atoms with E-state index < -0.39 is 13.1 Å². The molecule has 0 atom stereocenters. The van der Waals surface area contributed by atoms with Crippen molar-refractivity contribution in [2.45, 2.75) is 93.5 Å². The third kappa shape index (κ3) is 22.1. The van der Waals surface area contributed by atoms with Crippen LogP contribution < -0.4 is 40.2 Å². The first-order chi connectivity index (χ1) is 24.6. The number of carbonyl (C=O) groups excluding carboxylic acids is 2. The number of pyridine rings is 2. The van der Waals surface area contributed by atoms with Gasteiger partial charge in [0.05, 0.1) is 20.7 Å². The van der Waals surface area contributed by atoms with Crippen LogP contribution in [0.15, 0.2) is 53.2 Å². The number of hydrogen-bond acceptors (Lipinski definition) is 13. The summed E-state index contributed by atoms with van der Waals surface area (Å²) in [5.74, 6) is 2.28. The molecule has 0 saturated carbocycles. The topological polar surface area (TPSA) is 205 Å². The van der Waals surface area contributed by atoms with Crippen molar-refractivity contribution in [1.29, 1.82) is 0 Å². The van der Waals surface area contributed by atoms with Crippen LogP contribution in [-0.4, -0.2) is 88.8 Å². The summed E-state index contributed by atoms with van der Waals surface area (Å²) < 4.78 is 28.4. The van der Waals surface area contributed by atoms with E-state index in [4.69, 9.17) is 10.8 Å². The van der Waals surface area contributed by atoms with Gasteiger partial charge in [0, 0.05) is 53.0 Å². The molecule has 53 heavy (non-hydrogen) atoms. The van der Waals surface area contributed by atoms with Gasteiger partial charge < -0.3 is 25.6 Å². The SMILES string of the molecule is CC(C)OC(=O)/C=C\I.Cc1cc(-c2ncn(/C=C\C(=O)OC(C)C)n2)cc(NC(C)C)n1.Cc1cc(-c2ncn[nH]2)cc(NC(C)C)n1.[2H]CF.[Na+].[OH-]. The molecule has 4 heterocycles. The van der Waals surface area contributed by atoms with Crippen molar-refractivity contribution in [1.82, 2.24) is 39.9 Å². The molecule has 4 aromatic rings. The Balaban J connectivity index is 0. The molecule has 4 N–H and O–H groups in total. The van der Waals surface area contributed by atoms with Crippen LogP contribution in [0.1, 0.15) is 68.1 Å². The van der Waals surface area contributed by atoms with Crippen molar-refractivity contribution in [2.24, 2.45) is 0 Å². The second-order valence-electron chi connectivity index (χ2n) is 11.8. The zero-order chi connectivity index (χ0) is 39.2. The number of carbonyl (C=O) groups is 2. The number of H-pyrrole nitrogens is 1. The molecule has 0 aliphatic heterocycles. The molecule has 18 heteroatoms. The van der Waals surface area contributed by atoms with Gasteiger partial charge in [0.15, 0.2) is 11.6 Å². The van der Waals surface area contributed by atoms with Gasteiger partial charge in [-0.05, 0) is 97.6 Å². The Morgan fingerprint density at radius 3 is 1.81 bits per heavy atom. The van der Waals surface area contributed by atoms with Gasteiger partial charge in [-0.25, -0.2) is 34.2 Å². The van der Waals surface area contributed by atoms with Crippen molar-refractivity contribution < 1.29 is 59.9 Å². The summed E-state index contributed by atoms with van der Waals surface area (Å²) in [4.78, 5) is 39.3. The monoisotopic (exact) mass is 861 g/mol. The number of hydrogen-bond donors (Lipinski definition) is 3. The second-order valence-corrected chi connectivity index (χ2v) is 12.5. The van der Waals surface area contributed by atoms with Crippen LogP contribution in [0.25, 0.3) is 29.0 Å². The minimum Gasteiger partial charge on any atom is -0.870 e. The van der Waals surface area contributed by atoms with Gasteiger partial charge in [0.1, 0.15) is 24.3 Å². The Kier molecular flexibility index (Phi) is 25.8. The molecule has 0 amide bonds.